The fourth-order valence-corrected chi connectivity index (χ4v) is 5.49. The van der Waals surface area contributed by atoms with Gasteiger partial charge in [-0.05, 0) is 37.3 Å². The highest BCUT2D eigenvalue weighted by Gasteiger charge is 2.64. The average molecular weight is 571 g/mol. The Hall–Kier alpha value is -3.54. The zero-order chi connectivity index (χ0) is 29.7. The number of rotatable bonds is 10. The number of likely N-dealkylation sites (tertiary alicyclic amines) is 1. The second-order valence-electron chi connectivity index (χ2n) is 9.51. The number of hydrogen-bond acceptors (Lipinski definition) is 6. The van der Waals surface area contributed by atoms with Crippen LogP contribution in [0.15, 0.2) is 42.5 Å². The summed E-state index contributed by atoms with van der Waals surface area (Å²) in [6.45, 7) is 1.05. The zero-order valence-corrected chi connectivity index (χ0v) is 22.3. The van der Waals surface area contributed by atoms with Crippen molar-refractivity contribution in [2.75, 3.05) is 33.9 Å². The van der Waals surface area contributed by atoms with E-state index in [0.29, 0.717) is 0 Å². The van der Waals surface area contributed by atoms with Crippen LogP contribution < -0.4 is 4.74 Å². The molecule has 0 radical (unpaired) electrons. The summed E-state index contributed by atoms with van der Waals surface area (Å²) in [5.41, 5.74) is -5.28. The summed E-state index contributed by atoms with van der Waals surface area (Å²) in [6.07, 6.45) is -4.85. The maximum Gasteiger partial charge on any atom is 0.430 e. The lowest BCUT2D eigenvalue weighted by Crippen LogP contribution is -2.59. The first-order valence-electron chi connectivity index (χ1n) is 12.6. The topological polar surface area (TPSA) is 88.9 Å². The summed E-state index contributed by atoms with van der Waals surface area (Å²) in [4.78, 5) is 27.2. The van der Waals surface area contributed by atoms with E-state index in [9.17, 15) is 27.2 Å². The number of methoxy groups -OCH3 is 2. The Kier molecular flexibility index (Phi) is 9.55. The standard InChI is InChI=1S/C28H31F5N2O5/c1-4-40-22(36)16-26(19(17-34)23-20(29)10-11-21(30)24(23)38-2)12-14-35(15-13-26)25(37)27(39-3,28(31,32)33)18-8-6-5-7-9-18/h5-11,17,19,34H,4,12-16H2,1-3H3/t19?,27-/m1/s1. The molecule has 1 aliphatic rings. The van der Waals surface area contributed by atoms with E-state index in [4.69, 9.17) is 19.6 Å². The van der Waals surface area contributed by atoms with Crippen LogP contribution in [-0.2, 0) is 24.7 Å². The number of nitrogens with one attached hydrogen (secondary N) is 1. The third kappa shape index (κ3) is 5.54. The van der Waals surface area contributed by atoms with Crippen LogP contribution in [0, 0.1) is 22.5 Å². The zero-order valence-electron chi connectivity index (χ0n) is 22.3. The number of carbonyl (C=O) groups is 2. The fourth-order valence-electron chi connectivity index (χ4n) is 5.49. The molecule has 0 aromatic heterocycles. The number of carbonyl (C=O) groups excluding carboxylic acids is 2. The van der Waals surface area contributed by atoms with Crippen LogP contribution in [-0.4, -0.2) is 63.1 Å². The van der Waals surface area contributed by atoms with Crippen molar-refractivity contribution >= 4 is 18.1 Å². The molecule has 0 bridgehead atoms. The van der Waals surface area contributed by atoms with Gasteiger partial charge >= 0.3 is 12.1 Å². The van der Waals surface area contributed by atoms with E-state index in [0.717, 1.165) is 49.6 Å². The molecule has 1 aliphatic heterocycles. The van der Waals surface area contributed by atoms with Gasteiger partial charge in [0.15, 0.2) is 11.6 Å². The van der Waals surface area contributed by atoms with Crippen molar-refractivity contribution in [2.45, 2.75) is 43.9 Å². The molecule has 1 fully saturated rings. The summed E-state index contributed by atoms with van der Waals surface area (Å²) in [5, 5.41) is 8.13. The highest BCUT2D eigenvalue weighted by molar-refractivity contribution is 5.88. The lowest BCUT2D eigenvalue weighted by molar-refractivity contribution is -0.271. The molecule has 0 saturated carbocycles. The largest absolute Gasteiger partial charge is 0.493 e. The lowest BCUT2D eigenvalue weighted by Gasteiger charge is -2.47. The van der Waals surface area contributed by atoms with E-state index in [-0.39, 0.29) is 44.5 Å². The Morgan fingerprint density at radius 3 is 2.15 bits per heavy atom. The lowest BCUT2D eigenvalue weighted by atomic mass is 9.64. The van der Waals surface area contributed by atoms with Gasteiger partial charge in [-0.3, -0.25) is 9.59 Å². The number of amides is 1. The first-order valence-corrected chi connectivity index (χ1v) is 12.6. The number of nitrogens with zero attached hydrogens (tertiary/aromatic N) is 1. The predicted molar refractivity (Wildman–Crippen MR) is 135 cm³/mol. The Bertz CT molecular complexity index is 1220. The van der Waals surface area contributed by atoms with E-state index in [1.165, 1.54) is 18.2 Å². The first-order chi connectivity index (χ1) is 18.9. The Morgan fingerprint density at radius 1 is 1.05 bits per heavy atom. The molecule has 1 amide bonds. The monoisotopic (exact) mass is 570 g/mol. The third-order valence-corrected chi connectivity index (χ3v) is 7.47. The normalized spacial score (nSPS) is 17.4. The number of alkyl halides is 3. The van der Waals surface area contributed by atoms with Gasteiger partial charge in [-0.25, -0.2) is 8.78 Å². The van der Waals surface area contributed by atoms with Crippen molar-refractivity contribution in [2.24, 2.45) is 5.41 Å². The van der Waals surface area contributed by atoms with Gasteiger partial charge in [-0.2, -0.15) is 13.2 Å². The summed E-state index contributed by atoms with van der Waals surface area (Å²) >= 11 is 0. The number of hydrogen-bond donors (Lipinski definition) is 1. The summed E-state index contributed by atoms with van der Waals surface area (Å²) < 4.78 is 88.3. The first kappa shape index (κ1) is 31.0. The molecule has 12 heteroatoms. The SMILES string of the molecule is CCOC(=O)CC1(C(C=N)c2c(F)ccc(F)c2OC)CCN(C(=O)[C@](OC)(c2ccccc2)C(F)(F)F)CC1. The van der Waals surface area contributed by atoms with E-state index < -0.39 is 57.9 Å². The van der Waals surface area contributed by atoms with Crippen LogP contribution in [0.25, 0.3) is 0 Å². The minimum absolute atomic E-state index is 0.0332. The Labute approximate surface area is 228 Å². The van der Waals surface area contributed by atoms with Crippen molar-refractivity contribution < 1.29 is 45.8 Å². The molecule has 7 nitrogen and oxygen atoms in total. The maximum atomic E-state index is 15.1. The number of benzene rings is 2. The van der Waals surface area contributed by atoms with Gasteiger partial charge in [0, 0.05) is 43.5 Å². The van der Waals surface area contributed by atoms with Crippen molar-refractivity contribution in [3.8, 4) is 5.75 Å². The van der Waals surface area contributed by atoms with Gasteiger partial charge in [0.25, 0.3) is 11.5 Å². The highest BCUT2D eigenvalue weighted by atomic mass is 19.4. The fraction of sp³-hybridized carbons (Fsp3) is 0.464. The Morgan fingerprint density at radius 2 is 1.65 bits per heavy atom. The van der Waals surface area contributed by atoms with E-state index in [2.05, 4.69) is 0 Å². The minimum Gasteiger partial charge on any atom is -0.493 e. The van der Waals surface area contributed by atoms with Crippen LogP contribution in [0.4, 0.5) is 22.0 Å². The van der Waals surface area contributed by atoms with Crippen molar-refractivity contribution in [1.29, 1.82) is 5.41 Å². The molecule has 2 atom stereocenters. The van der Waals surface area contributed by atoms with Gasteiger partial charge in [0.05, 0.1) is 20.1 Å². The smallest absolute Gasteiger partial charge is 0.430 e. The van der Waals surface area contributed by atoms with Crippen molar-refractivity contribution in [1.82, 2.24) is 4.90 Å². The third-order valence-electron chi connectivity index (χ3n) is 7.47. The molecule has 3 rings (SSSR count). The van der Waals surface area contributed by atoms with Gasteiger partial charge in [-0.15, -0.1) is 0 Å². The van der Waals surface area contributed by atoms with Crippen molar-refractivity contribution in [3.05, 3.63) is 65.2 Å². The quantitative estimate of drug-likeness (QED) is 0.236. The molecule has 0 spiro atoms. The number of piperidine rings is 1. The Balaban J connectivity index is 2.05. The second kappa shape index (κ2) is 12.3. The molecule has 2 aromatic carbocycles. The molecular weight excluding hydrogens is 539 g/mol. The molecule has 1 heterocycles. The van der Waals surface area contributed by atoms with Gasteiger partial charge < -0.3 is 24.5 Å². The minimum atomic E-state index is -5.12. The van der Waals surface area contributed by atoms with Crippen LogP contribution >= 0.6 is 0 Å². The van der Waals surface area contributed by atoms with Gasteiger partial charge in [0.2, 0.25) is 0 Å². The number of halogens is 5. The van der Waals surface area contributed by atoms with Crippen LogP contribution in [0.1, 0.15) is 43.2 Å². The molecule has 1 saturated heterocycles. The molecule has 2 aromatic rings. The summed E-state index contributed by atoms with van der Waals surface area (Å²) in [7, 11) is 1.93. The molecule has 218 valence electrons. The van der Waals surface area contributed by atoms with Crippen LogP contribution in [0.3, 0.4) is 0 Å². The number of ether oxygens (including phenoxy) is 3. The van der Waals surface area contributed by atoms with E-state index in [1.54, 1.807) is 6.92 Å². The van der Waals surface area contributed by atoms with E-state index >= 15 is 4.39 Å². The molecule has 1 N–H and O–H groups in total. The maximum absolute atomic E-state index is 15.1. The van der Waals surface area contributed by atoms with E-state index in [1.807, 2.05) is 0 Å². The molecule has 0 aliphatic carbocycles. The highest BCUT2D eigenvalue weighted by Crippen LogP contribution is 2.51. The average Bonchev–Trinajstić information content (AvgIpc) is 2.92. The van der Waals surface area contributed by atoms with Gasteiger partial charge in [-0.1, -0.05) is 30.3 Å². The molecule has 1 unspecified atom stereocenters. The predicted octanol–water partition coefficient (Wildman–Crippen LogP) is 5.37. The number of esters is 1. The summed E-state index contributed by atoms with van der Waals surface area (Å²) in [5.74, 6) is -5.47. The van der Waals surface area contributed by atoms with Gasteiger partial charge in [0.1, 0.15) is 5.82 Å². The second-order valence-corrected chi connectivity index (χ2v) is 9.51. The summed E-state index contributed by atoms with van der Waals surface area (Å²) in [6, 6.07) is 8.25. The molecule has 40 heavy (non-hydrogen) atoms. The van der Waals surface area contributed by atoms with Crippen molar-refractivity contribution in [3.63, 3.8) is 0 Å². The van der Waals surface area contributed by atoms with Crippen LogP contribution in [0.5, 0.6) is 5.75 Å². The van der Waals surface area contributed by atoms with Crippen LogP contribution in [0.2, 0.25) is 0 Å². The molecular formula is C28H31F5N2O5.